The largest absolute Gasteiger partial charge is 0.459 e. The first-order valence-electron chi connectivity index (χ1n) is 5.80. The van der Waals surface area contributed by atoms with E-state index in [1.54, 1.807) is 6.07 Å². The Hall–Kier alpha value is -2.07. The number of rotatable bonds is 4. The standard InChI is InChI=1S/C14H16N2O2/c1-10-7-8-18-13(10)14(17)16-12-6-4-3-5-11(12)9-15-2/h3-8,15H,9H2,1-2H3,(H,16,17). The fourth-order valence-corrected chi connectivity index (χ4v) is 1.77. The van der Waals surface area contributed by atoms with Gasteiger partial charge in [-0.1, -0.05) is 18.2 Å². The predicted molar refractivity (Wildman–Crippen MR) is 70.6 cm³/mol. The zero-order valence-corrected chi connectivity index (χ0v) is 10.5. The van der Waals surface area contributed by atoms with Crippen LogP contribution in [-0.4, -0.2) is 13.0 Å². The Labute approximate surface area is 106 Å². The quantitative estimate of drug-likeness (QED) is 0.869. The summed E-state index contributed by atoms with van der Waals surface area (Å²) in [5, 5.41) is 5.93. The van der Waals surface area contributed by atoms with Crippen LogP contribution in [-0.2, 0) is 6.54 Å². The maximum absolute atomic E-state index is 12.0. The Kier molecular flexibility index (Phi) is 3.79. The SMILES string of the molecule is CNCc1ccccc1NC(=O)c1occc1C. The second kappa shape index (κ2) is 5.51. The van der Waals surface area contributed by atoms with Gasteiger partial charge in [0.25, 0.3) is 5.91 Å². The van der Waals surface area contributed by atoms with Gasteiger partial charge in [0, 0.05) is 17.8 Å². The number of nitrogens with one attached hydrogen (secondary N) is 2. The van der Waals surface area contributed by atoms with Crippen LogP contribution < -0.4 is 10.6 Å². The fourth-order valence-electron chi connectivity index (χ4n) is 1.77. The molecule has 18 heavy (non-hydrogen) atoms. The Morgan fingerprint density at radius 3 is 2.72 bits per heavy atom. The van der Waals surface area contributed by atoms with Crippen molar-refractivity contribution in [3.8, 4) is 0 Å². The van der Waals surface area contributed by atoms with Crippen molar-refractivity contribution in [1.82, 2.24) is 5.32 Å². The summed E-state index contributed by atoms with van der Waals surface area (Å²) in [6.07, 6.45) is 1.52. The lowest BCUT2D eigenvalue weighted by molar-refractivity contribution is 0.0995. The van der Waals surface area contributed by atoms with Gasteiger partial charge in [-0.2, -0.15) is 0 Å². The molecule has 1 aromatic heterocycles. The maximum Gasteiger partial charge on any atom is 0.291 e. The number of carbonyl (C=O) groups is 1. The van der Waals surface area contributed by atoms with E-state index in [9.17, 15) is 4.79 Å². The summed E-state index contributed by atoms with van der Waals surface area (Å²) in [6.45, 7) is 2.55. The molecule has 2 N–H and O–H groups in total. The summed E-state index contributed by atoms with van der Waals surface area (Å²) in [4.78, 5) is 12.0. The molecular weight excluding hydrogens is 228 g/mol. The van der Waals surface area contributed by atoms with Crippen LogP contribution in [0.2, 0.25) is 0 Å². The van der Waals surface area contributed by atoms with Gasteiger partial charge in [0.15, 0.2) is 5.76 Å². The highest BCUT2D eigenvalue weighted by Gasteiger charge is 2.13. The molecule has 0 spiro atoms. The molecule has 0 saturated heterocycles. The molecule has 1 amide bonds. The minimum absolute atomic E-state index is 0.221. The lowest BCUT2D eigenvalue weighted by Crippen LogP contribution is -2.15. The summed E-state index contributed by atoms with van der Waals surface area (Å²) < 4.78 is 5.17. The third-order valence-electron chi connectivity index (χ3n) is 2.70. The molecule has 0 unspecified atom stereocenters. The van der Waals surface area contributed by atoms with E-state index in [4.69, 9.17) is 4.42 Å². The Morgan fingerprint density at radius 1 is 1.28 bits per heavy atom. The normalized spacial score (nSPS) is 10.3. The number of para-hydroxylation sites is 1. The van der Waals surface area contributed by atoms with E-state index in [2.05, 4.69) is 10.6 Å². The first-order chi connectivity index (χ1) is 8.72. The van der Waals surface area contributed by atoms with Crippen LogP contribution >= 0.6 is 0 Å². The predicted octanol–water partition coefficient (Wildman–Crippen LogP) is 2.56. The number of hydrogen-bond donors (Lipinski definition) is 2. The van der Waals surface area contributed by atoms with Crippen LogP contribution in [0.4, 0.5) is 5.69 Å². The number of furan rings is 1. The summed E-state index contributed by atoms with van der Waals surface area (Å²) in [7, 11) is 1.87. The van der Waals surface area contributed by atoms with Crippen LogP contribution in [0.1, 0.15) is 21.7 Å². The smallest absolute Gasteiger partial charge is 0.291 e. The molecule has 0 radical (unpaired) electrons. The van der Waals surface area contributed by atoms with Crippen LogP contribution in [0.3, 0.4) is 0 Å². The van der Waals surface area contributed by atoms with E-state index in [0.29, 0.717) is 12.3 Å². The Morgan fingerprint density at radius 2 is 2.06 bits per heavy atom. The van der Waals surface area contributed by atoms with Gasteiger partial charge in [-0.15, -0.1) is 0 Å². The number of benzene rings is 1. The second-order valence-corrected chi connectivity index (χ2v) is 4.07. The van der Waals surface area contributed by atoms with Crippen LogP contribution in [0.25, 0.3) is 0 Å². The van der Waals surface area contributed by atoms with Crippen molar-refractivity contribution < 1.29 is 9.21 Å². The van der Waals surface area contributed by atoms with Crippen molar-refractivity contribution >= 4 is 11.6 Å². The lowest BCUT2D eigenvalue weighted by Gasteiger charge is -2.09. The molecule has 4 nitrogen and oxygen atoms in total. The van der Waals surface area contributed by atoms with Crippen molar-refractivity contribution in [2.24, 2.45) is 0 Å². The molecule has 0 aliphatic rings. The van der Waals surface area contributed by atoms with Crippen molar-refractivity contribution in [1.29, 1.82) is 0 Å². The molecule has 0 aliphatic heterocycles. The fraction of sp³-hybridized carbons (Fsp3) is 0.214. The molecule has 2 aromatic rings. The number of amides is 1. The van der Waals surface area contributed by atoms with Gasteiger partial charge in [-0.3, -0.25) is 4.79 Å². The summed E-state index contributed by atoms with van der Waals surface area (Å²) in [5.41, 5.74) is 2.67. The average molecular weight is 244 g/mol. The molecule has 0 fully saturated rings. The van der Waals surface area contributed by atoms with E-state index in [-0.39, 0.29) is 5.91 Å². The topological polar surface area (TPSA) is 54.3 Å². The zero-order chi connectivity index (χ0) is 13.0. The van der Waals surface area contributed by atoms with Crippen LogP contribution in [0.5, 0.6) is 0 Å². The van der Waals surface area contributed by atoms with Gasteiger partial charge in [0.1, 0.15) is 0 Å². The molecular formula is C14H16N2O2. The van der Waals surface area contributed by atoms with E-state index >= 15 is 0 Å². The highest BCUT2D eigenvalue weighted by atomic mass is 16.3. The summed E-state index contributed by atoms with van der Waals surface area (Å²) in [6, 6.07) is 9.46. The molecule has 4 heteroatoms. The first-order valence-corrected chi connectivity index (χ1v) is 5.80. The molecule has 0 atom stereocenters. The van der Waals surface area contributed by atoms with Gasteiger partial charge < -0.3 is 15.1 Å². The van der Waals surface area contributed by atoms with E-state index in [1.807, 2.05) is 38.2 Å². The molecule has 1 aromatic carbocycles. The van der Waals surface area contributed by atoms with Gasteiger partial charge in [0.2, 0.25) is 0 Å². The van der Waals surface area contributed by atoms with Crippen LogP contribution in [0.15, 0.2) is 41.0 Å². The second-order valence-electron chi connectivity index (χ2n) is 4.07. The third-order valence-corrected chi connectivity index (χ3v) is 2.70. The molecule has 0 bridgehead atoms. The van der Waals surface area contributed by atoms with Crippen LogP contribution in [0, 0.1) is 6.92 Å². The number of hydrogen-bond acceptors (Lipinski definition) is 3. The monoisotopic (exact) mass is 244 g/mol. The van der Waals surface area contributed by atoms with Crippen molar-refractivity contribution in [2.45, 2.75) is 13.5 Å². The van der Waals surface area contributed by atoms with Gasteiger partial charge in [0.05, 0.1) is 6.26 Å². The van der Waals surface area contributed by atoms with Gasteiger partial charge in [-0.05, 0) is 31.7 Å². The lowest BCUT2D eigenvalue weighted by atomic mass is 10.1. The number of aryl methyl sites for hydroxylation is 1. The molecule has 1 heterocycles. The Balaban J connectivity index is 2.19. The number of carbonyl (C=O) groups excluding carboxylic acids is 1. The van der Waals surface area contributed by atoms with Gasteiger partial charge in [-0.25, -0.2) is 0 Å². The minimum Gasteiger partial charge on any atom is -0.459 e. The molecule has 0 saturated carbocycles. The molecule has 2 rings (SSSR count). The minimum atomic E-state index is -0.221. The molecule has 94 valence electrons. The van der Waals surface area contributed by atoms with E-state index in [1.165, 1.54) is 6.26 Å². The van der Waals surface area contributed by atoms with Crippen molar-refractivity contribution in [3.63, 3.8) is 0 Å². The average Bonchev–Trinajstić information content (AvgIpc) is 2.78. The molecule has 0 aliphatic carbocycles. The van der Waals surface area contributed by atoms with E-state index < -0.39 is 0 Å². The third kappa shape index (κ3) is 2.60. The van der Waals surface area contributed by atoms with Crippen molar-refractivity contribution in [2.75, 3.05) is 12.4 Å². The van der Waals surface area contributed by atoms with Gasteiger partial charge >= 0.3 is 0 Å². The van der Waals surface area contributed by atoms with Crippen molar-refractivity contribution in [3.05, 3.63) is 53.5 Å². The van der Waals surface area contributed by atoms with E-state index in [0.717, 1.165) is 16.8 Å². The highest BCUT2D eigenvalue weighted by molar-refractivity contribution is 6.03. The summed E-state index contributed by atoms with van der Waals surface area (Å²) in [5.74, 6) is 0.135. The Bertz CT molecular complexity index is 546. The maximum atomic E-state index is 12.0. The number of anilines is 1. The summed E-state index contributed by atoms with van der Waals surface area (Å²) >= 11 is 0. The first kappa shape index (κ1) is 12.4. The zero-order valence-electron chi connectivity index (χ0n) is 10.5. The highest BCUT2D eigenvalue weighted by Crippen LogP contribution is 2.17.